The molecule has 0 unspecified atom stereocenters. The van der Waals surface area contributed by atoms with Gasteiger partial charge in [-0.2, -0.15) is 0 Å². The second-order valence-corrected chi connectivity index (χ2v) is 6.72. The Hall–Kier alpha value is -1.62. The third-order valence-electron chi connectivity index (χ3n) is 3.89. The van der Waals surface area contributed by atoms with Crippen LogP contribution in [0.5, 0.6) is 0 Å². The van der Waals surface area contributed by atoms with Crippen molar-refractivity contribution >= 4 is 17.5 Å². The van der Waals surface area contributed by atoms with Crippen molar-refractivity contribution in [1.29, 1.82) is 0 Å². The number of benzene rings is 1. The molecule has 0 saturated heterocycles. The summed E-state index contributed by atoms with van der Waals surface area (Å²) in [5.74, 6) is 1.20. The lowest BCUT2D eigenvalue weighted by atomic mass is 9.99. The van der Waals surface area contributed by atoms with Gasteiger partial charge in [0.05, 0.1) is 5.25 Å². The number of hydrogen-bond donors (Lipinski definition) is 0. The number of aryl methyl sites for hydroxylation is 1. The Bertz CT molecular complexity index is 648. The molecule has 1 atom stereocenters. The highest BCUT2D eigenvalue weighted by Crippen LogP contribution is 2.32. The SMILES string of the molecule is Cc1ccc(-c2nnc(S[C@H]3CCCCC3=O)n2C)cc1. The van der Waals surface area contributed by atoms with Crippen molar-refractivity contribution in [1.82, 2.24) is 14.8 Å². The molecule has 110 valence electrons. The van der Waals surface area contributed by atoms with Gasteiger partial charge in [0.25, 0.3) is 0 Å². The van der Waals surface area contributed by atoms with Gasteiger partial charge in [-0.1, -0.05) is 48.0 Å². The first-order chi connectivity index (χ1) is 10.1. The Morgan fingerprint density at radius 3 is 2.67 bits per heavy atom. The van der Waals surface area contributed by atoms with Gasteiger partial charge in [0.15, 0.2) is 11.0 Å². The molecule has 0 spiro atoms. The van der Waals surface area contributed by atoms with Crippen LogP contribution in [0.3, 0.4) is 0 Å². The quantitative estimate of drug-likeness (QED) is 0.872. The van der Waals surface area contributed by atoms with Gasteiger partial charge >= 0.3 is 0 Å². The molecule has 3 rings (SSSR count). The van der Waals surface area contributed by atoms with E-state index in [0.29, 0.717) is 12.2 Å². The fourth-order valence-electron chi connectivity index (χ4n) is 2.57. The normalized spacial score (nSPS) is 19.0. The molecule has 1 aliphatic rings. The van der Waals surface area contributed by atoms with Gasteiger partial charge in [-0.15, -0.1) is 10.2 Å². The average Bonchev–Trinajstić information content (AvgIpc) is 2.84. The number of aromatic nitrogens is 3. The highest BCUT2D eigenvalue weighted by Gasteiger charge is 2.25. The topological polar surface area (TPSA) is 47.8 Å². The molecule has 2 aromatic rings. The molecule has 0 bridgehead atoms. The van der Waals surface area contributed by atoms with Crippen molar-refractivity contribution in [3.63, 3.8) is 0 Å². The third kappa shape index (κ3) is 3.02. The van der Waals surface area contributed by atoms with Crippen molar-refractivity contribution in [2.24, 2.45) is 7.05 Å². The predicted octanol–water partition coefficient (Wildman–Crippen LogP) is 3.39. The van der Waals surface area contributed by atoms with Crippen LogP contribution in [0.15, 0.2) is 29.4 Å². The number of Topliss-reactive ketones (excluding diaryl/α,β-unsaturated/α-hetero) is 1. The molecule has 0 aliphatic heterocycles. The summed E-state index contributed by atoms with van der Waals surface area (Å²) in [6, 6.07) is 8.25. The van der Waals surface area contributed by atoms with Gasteiger partial charge in [-0.25, -0.2) is 0 Å². The van der Waals surface area contributed by atoms with Crippen LogP contribution in [0.25, 0.3) is 11.4 Å². The molecular weight excluding hydrogens is 282 g/mol. The number of hydrogen-bond acceptors (Lipinski definition) is 4. The van der Waals surface area contributed by atoms with Crippen molar-refractivity contribution in [2.45, 2.75) is 43.0 Å². The average molecular weight is 301 g/mol. The van der Waals surface area contributed by atoms with Gasteiger partial charge in [-0.05, 0) is 19.8 Å². The van der Waals surface area contributed by atoms with Gasteiger partial charge in [0.1, 0.15) is 5.78 Å². The fraction of sp³-hybridized carbons (Fsp3) is 0.438. The molecule has 21 heavy (non-hydrogen) atoms. The van der Waals surface area contributed by atoms with E-state index in [1.807, 2.05) is 11.6 Å². The fourth-order valence-corrected chi connectivity index (χ4v) is 3.70. The molecule has 5 heteroatoms. The Labute approximate surface area is 129 Å². The van der Waals surface area contributed by atoms with Crippen LogP contribution in [-0.4, -0.2) is 25.8 Å². The van der Waals surface area contributed by atoms with Gasteiger partial charge in [0, 0.05) is 19.0 Å². The lowest BCUT2D eigenvalue weighted by molar-refractivity contribution is -0.119. The summed E-state index contributed by atoms with van der Waals surface area (Å²) in [6.45, 7) is 2.07. The van der Waals surface area contributed by atoms with Crippen LogP contribution in [0.4, 0.5) is 0 Å². The standard InChI is InChI=1S/C16H19N3OS/c1-11-7-9-12(10-8-11)15-17-18-16(19(15)2)21-14-6-4-3-5-13(14)20/h7-10,14H,3-6H2,1-2H3/t14-/m0/s1. The Balaban J connectivity index is 1.82. The Morgan fingerprint density at radius 1 is 1.19 bits per heavy atom. The van der Waals surface area contributed by atoms with Crippen LogP contribution >= 0.6 is 11.8 Å². The summed E-state index contributed by atoms with van der Waals surface area (Å²) < 4.78 is 1.98. The minimum atomic E-state index is 0.0486. The van der Waals surface area contributed by atoms with E-state index in [-0.39, 0.29) is 5.25 Å². The van der Waals surface area contributed by atoms with E-state index < -0.39 is 0 Å². The maximum absolute atomic E-state index is 11.9. The van der Waals surface area contributed by atoms with E-state index in [2.05, 4.69) is 41.4 Å². The molecule has 1 fully saturated rings. The minimum absolute atomic E-state index is 0.0486. The number of carbonyl (C=O) groups excluding carboxylic acids is 1. The molecule has 0 radical (unpaired) electrons. The van der Waals surface area contributed by atoms with Crippen LogP contribution in [0.2, 0.25) is 0 Å². The molecule has 0 amide bonds. The lowest BCUT2D eigenvalue weighted by Gasteiger charge is -2.19. The summed E-state index contributed by atoms with van der Waals surface area (Å²) in [7, 11) is 1.96. The van der Waals surface area contributed by atoms with Crippen LogP contribution in [0, 0.1) is 6.92 Å². The van der Waals surface area contributed by atoms with E-state index >= 15 is 0 Å². The van der Waals surface area contributed by atoms with Gasteiger partial charge in [-0.3, -0.25) is 4.79 Å². The monoisotopic (exact) mass is 301 g/mol. The molecule has 1 aromatic heterocycles. The second kappa shape index (κ2) is 6.02. The van der Waals surface area contributed by atoms with Crippen molar-refractivity contribution in [2.75, 3.05) is 0 Å². The smallest absolute Gasteiger partial charge is 0.191 e. The molecule has 4 nitrogen and oxygen atoms in total. The van der Waals surface area contributed by atoms with Crippen LogP contribution in [-0.2, 0) is 11.8 Å². The minimum Gasteiger partial charge on any atom is -0.305 e. The largest absolute Gasteiger partial charge is 0.305 e. The maximum atomic E-state index is 11.9. The summed E-state index contributed by atoms with van der Waals surface area (Å²) in [5, 5.41) is 9.43. The van der Waals surface area contributed by atoms with Crippen LogP contribution < -0.4 is 0 Å². The maximum Gasteiger partial charge on any atom is 0.191 e. The number of rotatable bonds is 3. The number of ketones is 1. The van der Waals surface area contributed by atoms with E-state index in [4.69, 9.17) is 0 Å². The number of nitrogens with zero attached hydrogens (tertiary/aromatic N) is 3. The van der Waals surface area contributed by atoms with E-state index in [0.717, 1.165) is 35.8 Å². The zero-order valence-corrected chi connectivity index (χ0v) is 13.2. The molecule has 1 aromatic carbocycles. The zero-order valence-electron chi connectivity index (χ0n) is 12.4. The highest BCUT2D eigenvalue weighted by molar-refractivity contribution is 8.00. The number of thioether (sulfide) groups is 1. The van der Waals surface area contributed by atoms with Gasteiger partial charge in [0.2, 0.25) is 0 Å². The summed E-state index contributed by atoms with van der Waals surface area (Å²) >= 11 is 1.56. The Kier molecular flexibility index (Phi) is 4.10. The summed E-state index contributed by atoms with van der Waals surface area (Å²) in [4.78, 5) is 11.9. The molecule has 1 saturated carbocycles. The molecule has 1 aliphatic carbocycles. The summed E-state index contributed by atoms with van der Waals surface area (Å²) in [5.41, 5.74) is 2.28. The predicted molar refractivity (Wildman–Crippen MR) is 84.3 cm³/mol. The summed E-state index contributed by atoms with van der Waals surface area (Å²) in [6.07, 6.45) is 3.83. The van der Waals surface area contributed by atoms with E-state index in [1.165, 1.54) is 5.56 Å². The van der Waals surface area contributed by atoms with E-state index in [1.54, 1.807) is 11.8 Å². The Morgan fingerprint density at radius 2 is 1.95 bits per heavy atom. The van der Waals surface area contributed by atoms with Crippen LogP contribution in [0.1, 0.15) is 31.2 Å². The van der Waals surface area contributed by atoms with E-state index in [9.17, 15) is 4.79 Å². The number of carbonyl (C=O) groups is 1. The van der Waals surface area contributed by atoms with Gasteiger partial charge < -0.3 is 4.57 Å². The molecular formula is C16H19N3OS. The van der Waals surface area contributed by atoms with Crippen molar-refractivity contribution in [3.05, 3.63) is 29.8 Å². The molecule has 1 heterocycles. The van der Waals surface area contributed by atoms with Crippen molar-refractivity contribution in [3.8, 4) is 11.4 Å². The second-order valence-electron chi connectivity index (χ2n) is 5.55. The first-order valence-electron chi connectivity index (χ1n) is 7.31. The lowest BCUT2D eigenvalue weighted by Crippen LogP contribution is -2.21. The van der Waals surface area contributed by atoms with Crippen molar-refractivity contribution < 1.29 is 4.79 Å². The molecule has 0 N–H and O–H groups in total. The zero-order chi connectivity index (χ0) is 14.8. The highest BCUT2D eigenvalue weighted by atomic mass is 32.2. The first kappa shape index (κ1) is 14.3. The third-order valence-corrected chi connectivity index (χ3v) is 5.24. The first-order valence-corrected chi connectivity index (χ1v) is 8.19.